The highest BCUT2D eigenvalue weighted by Gasteiger charge is 2.26. The van der Waals surface area contributed by atoms with Gasteiger partial charge in [-0.25, -0.2) is 13.9 Å². The number of carbonyl (C=O) groups is 2. The zero-order valence-corrected chi connectivity index (χ0v) is 23.1. The Balaban J connectivity index is 1.41. The number of halogens is 1. The number of rotatable bonds is 6. The second kappa shape index (κ2) is 11.7. The highest BCUT2D eigenvalue weighted by atomic mass is 19.1. The molecule has 0 radical (unpaired) electrons. The molecule has 0 bridgehead atoms. The van der Waals surface area contributed by atoms with E-state index in [1.165, 1.54) is 0 Å². The first-order valence-electron chi connectivity index (χ1n) is 14.3. The molecule has 1 amide bonds. The maximum Gasteiger partial charge on any atom is 0.309 e. The predicted molar refractivity (Wildman–Crippen MR) is 149 cm³/mol. The van der Waals surface area contributed by atoms with Crippen LogP contribution in [0.1, 0.15) is 87.5 Å². The number of hydrogen-bond acceptors (Lipinski definition) is 5. The number of nitrogens with zero attached hydrogens (tertiary/aromatic N) is 4. The lowest BCUT2D eigenvalue weighted by molar-refractivity contribution is -0.148. The third-order valence-corrected chi connectivity index (χ3v) is 8.04. The van der Waals surface area contributed by atoms with Crippen LogP contribution in [0.4, 0.5) is 4.39 Å². The van der Waals surface area contributed by atoms with Crippen LogP contribution in [0.3, 0.4) is 0 Å². The fourth-order valence-corrected chi connectivity index (χ4v) is 5.75. The van der Waals surface area contributed by atoms with Crippen molar-refractivity contribution < 1.29 is 18.7 Å². The van der Waals surface area contributed by atoms with E-state index in [4.69, 9.17) is 4.74 Å². The van der Waals surface area contributed by atoms with Crippen molar-refractivity contribution in [3.8, 4) is 11.3 Å². The minimum Gasteiger partial charge on any atom is -0.466 e. The topological polar surface area (TPSA) is 76.8 Å². The Morgan fingerprint density at radius 2 is 1.95 bits per heavy atom. The van der Waals surface area contributed by atoms with E-state index in [1.807, 2.05) is 37.0 Å². The number of aryl methyl sites for hydroxylation is 1. The van der Waals surface area contributed by atoms with E-state index >= 15 is 4.39 Å². The largest absolute Gasteiger partial charge is 0.466 e. The van der Waals surface area contributed by atoms with Gasteiger partial charge < -0.3 is 9.64 Å². The van der Waals surface area contributed by atoms with E-state index < -0.39 is 0 Å². The quantitative estimate of drug-likeness (QED) is 0.351. The summed E-state index contributed by atoms with van der Waals surface area (Å²) in [7, 11) is 0. The van der Waals surface area contributed by atoms with Crippen molar-refractivity contribution in [1.29, 1.82) is 0 Å². The third kappa shape index (κ3) is 5.60. The maximum absolute atomic E-state index is 15.4. The molecular formula is C31H37FN4O3. The maximum atomic E-state index is 15.4. The number of allylic oxidation sites excluding steroid dienone is 2. The van der Waals surface area contributed by atoms with Gasteiger partial charge in [0.2, 0.25) is 0 Å². The smallest absolute Gasteiger partial charge is 0.309 e. The summed E-state index contributed by atoms with van der Waals surface area (Å²) in [6, 6.07) is 8.96. The molecule has 1 fully saturated rings. The molecule has 0 N–H and O–H groups in total. The number of hydrogen-bond donors (Lipinski definition) is 0. The van der Waals surface area contributed by atoms with Crippen molar-refractivity contribution in [2.75, 3.05) is 13.2 Å². The van der Waals surface area contributed by atoms with Crippen molar-refractivity contribution in [2.45, 2.75) is 78.2 Å². The molecule has 206 valence electrons. The fourth-order valence-electron chi connectivity index (χ4n) is 5.75. The molecule has 1 aromatic carbocycles. The third-order valence-electron chi connectivity index (χ3n) is 8.04. The van der Waals surface area contributed by atoms with Crippen LogP contribution in [-0.4, -0.2) is 50.6 Å². The Kier molecular flexibility index (Phi) is 8.10. The van der Waals surface area contributed by atoms with Gasteiger partial charge in [0.1, 0.15) is 11.5 Å². The zero-order chi connectivity index (χ0) is 27.5. The second-order valence-electron chi connectivity index (χ2n) is 10.6. The first kappa shape index (κ1) is 27.0. The summed E-state index contributed by atoms with van der Waals surface area (Å²) in [6.07, 6.45) is 8.98. The van der Waals surface area contributed by atoms with Crippen LogP contribution in [0.2, 0.25) is 0 Å². The average molecular weight is 533 g/mol. The Bertz CT molecular complexity index is 1410. The van der Waals surface area contributed by atoms with E-state index in [0.717, 1.165) is 49.1 Å². The van der Waals surface area contributed by atoms with Crippen LogP contribution in [-0.2, 0) is 16.0 Å². The van der Waals surface area contributed by atoms with Crippen LogP contribution in [0.25, 0.3) is 22.5 Å². The van der Waals surface area contributed by atoms with Gasteiger partial charge >= 0.3 is 5.97 Å². The van der Waals surface area contributed by atoms with Crippen LogP contribution in [0.15, 0.2) is 36.4 Å². The van der Waals surface area contributed by atoms with E-state index in [2.05, 4.69) is 17.0 Å². The molecule has 0 spiro atoms. The standard InChI is InChI=1S/C31H37FN4O3/c1-4-24-18-28(30(37)35-16-8-6-7-9-20(35)3)33-29-19-27(34-36(24)29)25-15-14-23(17-26(25)32)21-10-12-22(13-11-21)31(38)39-5-2/h10,14-15,17-20,22H,4-9,11-13,16H2,1-3H3. The van der Waals surface area contributed by atoms with Crippen molar-refractivity contribution >= 4 is 23.1 Å². The predicted octanol–water partition coefficient (Wildman–Crippen LogP) is 6.25. The Hall–Kier alpha value is -3.55. The number of fused-ring (bicyclic) bond motifs is 1. The summed E-state index contributed by atoms with van der Waals surface area (Å²) in [5.41, 5.74) is 4.54. The number of benzene rings is 1. The van der Waals surface area contributed by atoms with Gasteiger partial charge in [0.25, 0.3) is 5.91 Å². The molecule has 0 saturated carbocycles. The summed E-state index contributed by atoms with van der Waals surface area (Å²) < 4.78 is 22.3. The molecular weight excluding hydrogens is 495 g/mol. The normalized spacial score (nSPS) is 20.0. The minimum atomic E-state index is -0.364. The first-order chi connectivity index (χ1) is 18.9. The SMILES string of the molecule is CCOC(=O)C1CC=C(c2ccc(-c3cc4nc(C(=O)N5CCCCCC5C)cc(CC)n4n3)c(F)c2)CC1. The van der Waals surface area contributed by atoms with Gasteiger partial charge in [-0.1, -0.05) is 31.9 Å². The lowest BCUT2D eigenvalue weighted by atomic mass is 9.86. The average Bonchev–Trinajstić information content (AvgIpc) is 3.26. The van der Waals surface area contributed by atoms with Crippen LogP contribution in [0, 0.1) is 11.7 Å². The van der Waals surface area contributed by atoms with E-state index in [1.54, 1.807) is 22.7 Å². The number of esters is 1. The van der Waals surface area contributed by atoms with Gasteiger partial charge in [-0.05, 0) is 81.7 Å². The molecule has 3 heterocycles. The number of carbonyl (C=O) groups excluding carboxylic acids is 2. The molecule has 2 unspecified atom stereocenters. The van der Waals surface area contributed by atoms with Gasteiger partial charge in [0.15, 0.2) is 5.65 Å². The van der Waals surface area contributed by atoms with E-state index in [9.17, 15) is 9.59 Å². The van der Waals surface area contributed by atoms with Gasteiger partial charge in [-0.15, -0.1) is 0 Å². The van der Waals surface area contributed by atoms with Crippen molar-refractivity contribution in [2.24, 2.45) is 5.92 Å². The van der Waals surface area contributed by atoms with Gasteiger partial charge in [-0.2, -0.15) is 5.10 Å². The summed E-state index contributed by atoms with van der Waals surface area (Å²) >= 11 is 0. The van der Waals surface area contributed by atoms with Crippen molar-refractivity contribution in [3.05, 3.63) is 59.2 Å². The zero-order valence-electron chi connectivity index (χ0n) is 23.1. The molecule has 8 heteroatoms. The molecule has 3 aromatic rings. The Labute approximate surface area is 229 Å². The van der Waals surface area contributed by atoms with Crippen LogP contribution < -0.4 is 0 Å². The summed E-state index contributed by atoms with van der Waals surface area (Å²) in [5, 5.41) is 4.67. The lowest BCUT2D eigenvalue weighted by Crippen LogP contribution is -2.38. The monoisotopic (exact) mass is 532 g/mol. The number of likely N-dealkylation sites (tertiary alicyclic amines) is 1. The number of aromatic nitrogens is 3. The molecule has 1 aliphatic heterocycles. The summed E-state index contributed by atoms with van der Waals surface area (Å²) in [4.78, 5) is 32.1. The Morgan fingerprint density at radius 1 is 1.10 bits per heavy atom. The van der Waals surface area contributed by atoms with Crippen molar-refractivity contribution in [1.82, 2.24) is 19.5 Å². The van der Waals surface area contributed by atoms with Crippen LogP contribution in [0.5, 0.6) is 0 Å². The van der Waals surface area contributed by atoms with E-state index in [-0.39, 0.29) is 29.7 Å². The Morgan fingerprint density at radius 3 is 2.67 bits per heavy atom. The second-order valence-corrected chi connectivity index (χ2v) is 10.6. The van der Waals surface area contributed by atoms with Crippen molar-refractivity contribution in [3.63, 3.8) is 0 Å². The fraction of sp³-hybridized carbons (Fsp3) is 0.484. The highest BCUT2D eigenvalue weighted by Crippen LogP contribution is 2.33. The summed E-state index contributed by atoms with van der Waals surface area (Å²) in [6.45, 7) is 7.05. The number of ether oxygens (including phenoxy) is 1. The molecule has 1 saturated heterocycles. The number of amides is 1. The molecule has 39 heavy (non-hydrogen) atoms. The molecule has 5 rings (SSSR count). The molecule has 1 aliphatic carbocycles. The van der Waals surface area contributed by atoms with Gasteiger partial charge in [0, 0.05) is 29.9 Å². The molecule has 2 aliphatic rings. The molecule has 7 nitrogen and oxygen atoms in total. The molecule has 2 atom stereocenters. The van der Waals surface area contributed by atoms with E-state index in [0.29, 0.717) is 54.9 Å². The highest BCUT2D eigenvalue weighted by molar-refractivity contribution is 5.93. The first-order valence-corrected chi connectivity index (χ1v) is 14.3. The minimum absolute atomic E-state index is 0.0502. The van der Waals surface area contributed by atoms with Gasteiger partial charge in [0.05, 0.1) is 18.2 Å². The van der Waals surface area contributed by atoms with Gasteiger partial charge in [-0.3, -0.25) is 9.59 Å². The van der Waals surface area contributed by atoms with Crippen LogP contribution >= 0.6 is 0 Å². The molecule has 2 aromatic heterocycles. The lowest BCUT2D eigenvalue weighted by Gasteiger charge is -2.27. The summed E-state index contributed by atoms with van der Waals surface area (Å²) in [5.74, 6) is -0.703.